The molecule has 0 bridgehead atoms. The van der Waals surface area contributed by atoms with Gasteiger partial charge in [0.25, 0.3) is 0 Å². The smallest absolute Gasteiger partial charge is 0.127 e. The number of benzene rings is 2. The van der Waals surface area contributed by atoms with E-state index in [-0.39, 0.29) is 0 Å². The molecule has 0 fully saturated rings. The fraction of sp³-hybridized carbons (Fsp3) is 0.188. The fourth-order valence-corrected chi connectivity index (χ4v) is 2.19. The molecule has 2 aromatic carbocycles. The van der Waals surface area contributed by atoms with Crippen LogP contribution in [0.5, 0.6) is 5.75 Å². The summed E-state index contributed by atoms with van der Waals surface area (Å²) in [4.78, 5) is 0. The average molecular weight is 252 g/mol. The summed E-state index contributed by atoms with van der Waals surface area (Å²) in [6.07, 6.45) is 0.813. The van der Waals surface area contributed by atoms with Crippen LogP contribution in [0.3, 0.4) is 0 Å². The molecular weight excluding hydrogens is 236 g/mol. The zero-order valence-corrected chi connectivity index (χ0v) is 10.9. The molecule has 0 radical (unpaired) electrons. The van der Waals surface area contributed by atoms with Gasteiger partial charge in [0.2, 0.25) is 0 Å². The summed E-state index contributed by atoms with van der Waals surface area (Å²) in [5.41, 5.74) is 2.12. The van der Waals surface area contributed by atoms with Gasteiger partial charge >= 0.3 is 0 Å². The number of hydrogen-bond acceptors (Lipinski definition) is 2. The Morgan fingerprint density at radius 3 is 2.79 bits per heavy atom. The Bertz CT molecular complexity index is 683. The topological polar surface area (TPSA) is 37.9 Å². The van der Waals surface area contributed by atoms with Gasteiger partial charge in [0, 0.05) is 17.5 Å². The van der Waals surface area contributed by atoms with Crippen LogP contribution in [0.15, 0.2) is 48.5 Å². The van der Waals surface area contributed by atoms with Gasteiger partial charge in [0.1, 0.15) is 5.75 Å². The lowest BCUT2D eigenvalue weighted by atomic mass is 10.1. The van der Waals surface area contributed by atoms with Crippen LogP contribution in [0.4, 0.5) is 0 Å². The molecule has 0 unspecified atom stereocenters. The quantitative estimate of drug-likeness (QED) is 0.771. The minimum Gasteiger partial charge on any atom is -0.493 e. The van der Waals surface area contributed by atoms with Crippen LogP contribution in [-0.4, -0.2) is 16.8 Å². The molecule has 19 heavy (non-hydrogen) atoms. The van der Waals surface area contributed by atoms with E-state index in [0.717, 1.165) is 28.9 Å². The van der Waals surface area contributed by atoms with E-state index in [1.54, 1.807) is 0 Å². The van der Waals surface area contributed by atoms with Gasteiger partial charge in [0.15, 0.2) is 0 Å². The van der Waals surface area contributed by atoms with E-state index in [4.69, 9.17) is 4.74 Å². The number of aromatic nitrogens is 2. The van der Waals surface area contributed by atoms with Crippen molar-refractivity contribution < 1.29 is 4.74 Å². The minimum absolute atomic E-state index is 0.637. The zero-order chi connectivity index (χ0) is 13.1. The van der Waals surface area contributed by atoms with Gasteiger partial charge < -0.3 is 4.74 Å². The first-order chi connectivity index (χ1) is 9.33. The molecule has 96 valence electrons. The van der Waals surface area contributed by atoms with Crippen molar-refractivity contribution in [3.63, 3.8) is 0 Å². The molecule has 0 atom stereocenters. The Morgan fingerprint density at radius 2 is 1.95 bits per heavy atom. The molecule has 0 amide bonds. The number of ether oxygens (including phenoxy) is 1. The normalized spacial score (nSPS) is 10.8. The molecule has 1 aromatic heterocycles. The second-order valence-electron chi connectivity index (χ2n) is 4.62. The van der Waals surface area contributed by atoms with E-state index in [1.165, 1.54) is 5.39 Å². The molecule has 0 spiro atoms. The second-order valence-corrected chi connectivity index (χ2v) is 4.62. The molecule has 3 nitrogen and oxygen atoms in total. The Morgan fingerprint density at radius 1 is 1.11 bits per heavy atom. The van der Waals surface area contributed by atoms with Crippen molar-refractivity contribution in [1.29, 1.82) is 0 Å². The van der Waals surface area contributed by atoms with Crippen LogP contribution in [0.2, 0.25) is 0 Å². The van der Waals surface area contributed by atoms with Crippen LogP contribution in [0.1, 0.15) is 11.4 Å². The second kappa shape index (κ2) is 5.14. The van der Waals surface area contributed by atoms with Crippen molar-refractivity contribution in [2.24, 2.45) is 0 Å². The number of aryl methyl sites for hydroxylation is 1. The van der Waals surface area contributed by atoms with Crippen LogP contribution < -0.4 is 4.74 Å². The first-order valence-electron chi connectivity index (χ1n) is 6.44. The number of fused-ring (bicyclic) bond motifs is 1. The van der Waals surface area contributed by atoms with Gasteiger partial charge in [-0.15, -0.1) is 0 Å². The van der Waals surface area contributed by atoms with E-state index >= 15 is 0 Å². The first-order valence-corrected chi connectivity index (χ1v) is 6.44. The fourth-order valence-electron chi connectivity index (χ4n) is 2.19. The van der Waals surface area contributed by atoms with Crippen molar-refractivity contribution in [2.45, 2.75) is 13.3 Å². The maximum Gasteiger partial charge on any atom is 0.127 e. The first kappa shape index (κ1) is 11.8. The number of hydrogen-bond donors (Lipinski definition) is 1. The maximum absolute atomic E-state index is 5.88. The molecule has 0 aliphatic carbocycles. The molecule has 3 aromatic rings. The summed E-state index contributed by atoms with van der Waals surface area (Å²) < 4.78 is 5.88. The number of aromatic amines is 1. The van der Waals surface area contributed by atoms with E-state index < -0.39 is 0 Å². The molecule has 0 aliphatic rings. The summed E-state index contributed by atoms with van der Waals surface area (Å²) >= 11 is 0. The maximum atomic E-state index is 5.88. The van der Waals surface area contributed by atoms with E-state index in [9.17, 15) is 0 Å². The molecule has 0 saturated heterocycles. The molecule has 1 heterocycles. The van der Waals surface area contributed by atoms with Gasteiger partial charge in [0.05, 0.1) is 12.3 Å². The highest BCUT2D eigenvalue weighted by Gasteiger charge is 2.02. The molecule has 1 N–H and O–H groups in total. The van der Waals surface area contributed by atoms with Crippen molar-refractivity contribution in [3.8, 4) is 5.75 Å². The molecular formula is C16H16N2O. The number of H-pyrrole nitrogens is 1. The lowest BCUT2D eigenvalue weighted by molar-refractivity contribution is 0.324. The number of nitrogens with zero attached hydrogens (tertiary/aromatic N) is 1. The molecule has 3 heteroatoms. The standard InChI is InChI=1S/C16H16N2O/c1-12-11-14(18-17-12)9-10-19-16-8-4-6-13-5-2-3-7-15(13)16/h2-8,11H,9-10H2,1H3,(H,17,18). The average Bonchev–Trinajstić information content (AvgIpc) is 2.85. The highest BCUT2D eigenvalue weighted by molar-refractivity contribution is 5.88. The summed E-state index contributed by atoms with van der Waals surface area (Å²) in [6.45, 7) is 2.64. The minimum atomic E-state index is 0.637. The summed E-state index contributed by atoms with van der Waals surface area (Å²) in [5.74, 6) is 0.936. The Kier molecular flexibility index (Phi) is 3.19. The van der Waals surface area contributed by atoms with Gasteiger partial charge in [-0.25, -0.2) is 0 Å². The Balaban J connectivity index is 1.71. The number of nitrogens with one attached hydrogen (secondary N) is 1. The van der Waals surface area contributed by atoms with Gasteiger partial charge in [-0.05, 0) is 24.4 Å². The van der Waals surface area contributed by atoms with Crippen molar-refractivity contribution in [1.82, 2.24) is 10.2 Å². The lowest BCUT2D eigenvalue weighted by Gasteiger charge is -2.08. The van der Waals surface area contributed by atoms with Crippen LogP contribution >= 0.6 is 0 Å². The lowest BCUT2D eigenvalue weighted by Crippen LogP contribution is -2.02. The zero-order valence-electron chi connectivity index (χ0n) is 10.9. The highest BCUT2D eigenvalue weighted by Crippen LogP contribution is 2.25. The Hall–Kier alpha value is -2.29. The SMILES string of the molecule is Cc1cc(CCOc2cccc3ccccc23)n[nH]1. The van der Waals surface area contributed by atoms with E-state index in [2.05, 4.69) is 28.4 Å². The number of rotatable bonds is 4. The van der Waals surface area contributed by atoms with Crippen LogP contribution in [0, 0.1) is 6.92 Å². The summed E-state index contributed by atoms with van der Waals surface area (Å²) in [6, 6.07) is 16.4. The Labute approximate surface area is 112 Å². The van der Waals surface area contributed by atoms with Crippen LogP contribution in [-0.2, 0) is 6.42 Å². The predicted molar refractivity (Wildman–Crippen MR) is 76.5 cm³/mol. The summed E-state index contributed by atoms with van der Waals surface area (Å²) in [5, 5.41) is 9.51. The van der Waals surface area contributed by atoms with Crippen LogP contribution in [0.25, 0.3) is 10.8 Å². The van der Waals surface area contributed by atoms with Gasteiger partial charge in [-0.2, -0.15) is 5.10 Å². The molecule has 0 saturated carbocycles. The van der Waals surface area contributed by atoms with Crippen molar-refractivity contribution in [3.05, 3.63) is 59.9 Å². The van der Waals surface area contributed by atoms with Gasteiger partial charge in [-0.3, -0.25) is 5.10 Å². The largest absolute Gasteiger partial charge is 0.493 e. The van der Waals surface area contributed by atoms with E-state index in [1.807, 2.05) is 37.3 Å². The van der Waals surface area contributed by atoms with Crippen molar-refractivity contribution in [2.75, 3.05) is 6.61 Å². The van der Waals surface area contributed by atoms with E-state index in [0.29, 0.717) is 6.61 Å². The third-order valence-corrected chi connectivity index (χ3v) is 3.12. The third-order valence-electron chi connectivity index (χ3n) is 3.12. The van der Waals surface area contributed by atoms with Gasteiger partial charge in [-0.1, -0.05) is 36.4 Å². The predicted octanol–water partition coefficient (Wildman–Crippen LogP) is 3.49. The van der Waals surface area contributed by atoms with Crippen molar-refractivity contribution >= 4 is 10.8 Å². The third kappa shape index (κ3) is 2.60. The molecule has 3 rings (SSSR count). The highest BCUT2D eigenvalue weighted by atomic mass is 16.5. The summed E-state index contributed by atoms with van der Waals surface area (Å²) in [7, 11) is 0. The molecule has 0 aliphatic heterocycles. The monoisotopic (exact) mass is 252 g/mol.